The highest BCUT2D eigenvalue weighted by Crippen LogP contribution is 2.22. The summed E-state index contributed by atoms with van der Waals surface area (Å²) in [6.07, 6.45) is 2.72. The maximum absolute atomic E-state index is 4.48. The number of benzene rings is 1. The lowest BCUT2D eigenvalue weighted by atomic mass is 10.1. The first-order chi connectivity index (χ1) is 11.5. The van der Waals surface area contributed by atoms with Crippen LogP contribution < -0.4 is 0 Å². The van der Waals surface area contributed by atoms with Crippen LogP contribution in [0.2, 0.25) is 0 Å². The second kappa shape index (κ2) is 14.5. The summed E-state index contributed by atoms with van der Waals surface area (Å²) in [7, 11) is 0. The second-order valence-electron chi connectivity index (χ2n) is 6.11. The van der Waals surface area contributed by atoms with Gasteiger partial charge in [-0.05, 0) is 51.8 Å². The molecule has 24 heavy (non-hydrogen) atoms. The molecule has 0 radical (unpaired) electrons. The predicted molar refractivity (Wildman–Crippen MR) is 114 cm³/mol. The first-order valence-corrected chi connectivity index (χ1v) is 10.6. The summed E-state index contributed by atoms with van der Waals surface area (Å²) >= 11 is 2.09. The third-order valence-electron chi connectivity index (χ3n) is 3.71. The van der Waals surface area contributed by atoms with Crippen LogP contribution in [0, 0.1) is 13.8 Å². The van der Waals surface area contributed by atoms with Crippen molar-refractivity contribution < 1.29 is 0 Å². The lowest BCUT2D eigenvalue weighted by Gasteiger charge is -2.25. The van der Waals surface area contributed by atoms with Crippen molar-refractivity contribution >= 4 is 23.2 Å². The molecule has 1 aliphatic rings. The zero-order valence-electron chi connectivity index (χ0n) is 17.0. The quantitative estimate of drug-likeness (QED) is 0.594. The SMILES string of the molecule is CC.CC(C)=Nc1c(C)cccc1C.CCCCN1CCSCC1. The monoisotopic (exact) mass is 350 g/mol. The van der Waals surface area contributed by atoms with Gasteiger partial charge in [-0.2, -0.15) is 11.8 Å². The van der Waals surface area contributed by atoms with Crippen molar-refractivity contribution in [3.63, 3.8) is 0 Å². The van der Waals surface area contributed by atoms with Crippen molar-refractivity contribution in [2.75, 3.05) is 31.1 Å². The van der Waals surface area contributed by atoms with Crippen molar-refractivity contribution in [1.82, 2.24) is 4.90 Å². The van der Waals surface area contributed by atoms with Crippen molar-refractivity contribution in [1.29, 1.82) is 0 Å². The zero-order valence-corrected chi connectivity index (χ0v) is 17.8. The van der Waals surface area contributed by atoms with Crippen LogP contribution in [0.25, 0.3) is 0 Å². The molecule has 2 rings (SSSR count). The first kappa shape index (κ1) is 23.2. The maximum atomic E-state index is 4.48. The van der Waals surface area contributed by atoms with E-state index in [2.05, 4.69) is 60.6 Å². The summed E-state index contributed by atoms with van der Waals surface area (Å²) in [6.45, 7) is 18.5. The number of nitrogens with zero attached hydrogens (tertiary/aromatic N) is 2. The Morgan fingerprint density at radius 3 is 2.08 bits per heavy atom. The van der Waals surface area contributed by atoms with Gasteiger partial charge in [-0.3, -0.25) is 4.99 Å². The number of hydrogen-bond acceptors (Lipinski definition) is 3. The molecule has 0 amide bonds. The van der Waals surface area contributed by atoms with Crippen LogP contribution in [0.4, 0.5) is 5.69 Å². The molecule has 0 spiro atoms. The van der Waals surface area contributed by atoms with E-state index in [-0.39, 0.29) is 0 Å². The molecule has 138 valence electrons. The molecule has 1 fully saturated rings. The van der Waals surface area contributed by atoms with E-state index in [9.17, 15) is 0 Å². The number of aryl methyl sites for hydroxylation is 2. The van der Waals surface area contributed by atoms with Crippen LogP contribution in [0.5, 0.6) is 0 Å². The molecule has 1 aromatic carbocycles. The number of unbranched alkanes of at least 4 members (excludes halogenated alkanes) is 1. The van der Waals surface area contributed by atoms with E-state index in [1.165, 1.54) is 55.1 Å². The fourth-order valence-electron chi connectivity index (χ4n) is 2.41. The van der Waals surface area contributed by atoms with Gasteiger partial charge < -0.3 is 4.90 Å². The molecule has 0 bridgehead atoms. The number of rotatable bonds is 4. The van der Waals surface area contributed by atoms with Crippen LogP contribution in [-0.4, -0.2) is 41.8 Å². The van der Waals surface area contributed by atoms with Gasteiger partial charge in [0.1, 0.15) is 0 Å². The molecule has 1 heterocycles. The lowest BCUT2D eigenvalue weighted by molar-refractivity contribution is 0.297. The van der Waals surface area contributed by atoms with Gasteiger partial charge in [0.2, 0.25) is 0 Å². The van der Waals surface area contributed by atoms with Crippen LogP contribution in [0.3, 0.4) is 0 Å². The molecule has 0 aromatic heterocycles. The Kier molecular flexibility index (Phi) is 14.1. The normalized spacial score (nSPS) is 14.0. The van der Waals surface area contributed by atoms with E-state index < -0.39 is 0 Å². The van der Waals surface area contributed by atoms with Crippen LogP contribution >= 0.6 is 11.8 Å². The van der Waals surface area contributed by atoms with Gasteiger partial charge in [-0.15, -0.1) is 0 Å². The average Bonchev–Trinajstić information content (AvgIpc) is 2.59. The first-order valence-electron chi connectivity index (χ1n) is 9.42. The summed E-state index contributed by atoms with van der Waals surface area (Å²) < 4.78 is 0. The second-order valence-corrected chi connectivity index (χ2v) is 7.33. The van der Waals surface area contributed by atoms with Gasteiger partial charge in [0.05, 0.1) is 5.69 Å². The third kappa shape index (κ3) is 10.1. The van der Waals surface area contributed by atoms with Gasteiger partial charge in [-0.25, -0.2) is 0 Å². The van der Waals surface area contributed by atoms with Gasteiger partial charge >= 0.3 is 0 Å². The topological polar surface area (TPSA) is 15.6 Å². The van der Waals surface area contributed by atoms with Crippen LogP contribution in [0.1, 0.15) is 58.6 Å². The Bertz CT molecular complexity index is 439. The molecular weight excluding hydrogens is 312 g/mol. The highest BCUT2D eigenvalue weighted by molar-refractivity contribution is 7.99. The fraction of sp³-hybridized carbons (Fsp3) is 0.667. The van der Waals surface area contributed by atoms with Crippen molar-refractivity contribution in [3.05, 3.63) is 29.3 Å². The molecule has 0 aliphatic carbocycles. The van der Waals surface area contributed by atoms with Crippen LogP contribution in [-0.2, 0) is 0 Å². The molecular formula is C21H38N2S. The van der Waals surface area contributed by atoms with Gasteiger partial charge in [-0.1, -0.05) is 45.4 Å². The minimum Gasteiger partial charge on any atom is -0.302 e. The highest BCUT2D eigenvalue weighted by Gasteiger charge is 2.08. The Morgan fingerprint density at radius 2 is 1.62 bits per heavy atom. The van der Waals surface area contributed by atoms with E-state index in [1.807, 2.05) is 27.7 Å². The molecule has 2 nitrogen and oxygen atoms in total. The van der Waals surface area contributed by atoms with Gasteiger partial charge in [0.15, 0.2) is 0 Å². The largest absolute Gasteiger partial charge is 0.302 e. The number of hydrogen-bond donors (Lipinski definition) is 0. The minimum atomic E-state index is 1.10. The Labute approximate surface area is 155 Å². The van der Waals surface area contributed by atoms with Crippen molar-refractivity contribution in [2.45, 2.75) is 61.3 Å². The molecule has 0 N–H and O–H groups in total. The van der Waals surface area contributed by atoms with E-state index in [4.69, 9.17) is 0 Å². The van der Waals surface area contributed by atoms with E-state index in [0.717, 1.165) is 11.4 Å². The van der Waals surface area contributed by atoms with Crippen molar-refractivity contribution in [3.8, 4) is 0 Å². The number of thioether (sulfide) groups is 1. The summed E-state index contributed by atoms with van der Waals surface area (Å²) in [5, 5.41) is 0. The standard InChI is InChI=1S/C11H15N.C8H17NS.C2H6/c1-8(2)12-11-9(3)6-5-7-10(11)4;1-2-3-4-9-5-7-10-8-6-9;1-2/h5-7H,1-4H3;2-8H2,1H3;1-2H3. The Hall–Kier alpha value is -0.800. The number of para-hydroxylation sites is 1. The fourth-order valence-corrected chi connectivity index (χ4v) is 3.39. The summed E-state index contributed by atoms with van der Waals surface area (Å²) in [5.74, 6) is 2.70. The Morgan fingerprint density at radius 1 is 1.08 bits per heavy atom. The highest BCUT2D eigenvalue weighted by atomic mass is 32.2. The van der Waals surface area contributed by atoms with Gasteiger partial charge in [0.25, 0.3) is 0 Å². The molecule has 1 saturated heterocycles. The van der Waals surface area contributed by atoms with Crippen LogP contribution in [0.15, 0.2) is 23.2 Å². The number of aliphatic imine (C=N–C) groups is 1. The third-order valence-corrected chi connectivity index (χ3v) is 4.65. The zero-order chi connectivity index (χ0) is 18.4. The maximum Gasteiger partial charge on any atom is 0.0687 e. The molecule has 1 aliphatic heterocycles. The molecule has 0 saturated carbocycles. The molecule has 0 unspecified atom stereocenters. The Balaban J connectivity index is 0.000000405. The van der Waals surface area contributed by atoms with Gasteiger partial charge in [0, 0.05) is 30.3 Å². The molecule has 0 atom stereocenters. The predicted octanol–water partition coefficient (Wildman–Crippen LogP) is 6.28. The van der Waals surface area contributed by atoms with E-state index in [1.54, 1.807) is 0 Å². The summed E-state index contributed by atoms with van der Waals surface area (Å²) in [6, 6.07) is 6.25. The van der Waals surface area contributed by atoms with E-state index in [0.29, 0.717) is 0 Å². The molecule has 3 heteroatoms. The summed E-state index contributed by atoms with van der Waals surface area (Å²) in [5.41, 5.74) is 4.72. The smallest absolute Gasteiger partial charge is 0.0687 e. The summed E-state index contributed by atoms with van der Waals surface area (Å²) in [4.78, 5) is 7.06. The minimum absolute atomic E-state index is 1.10. The van der Waals surface area contributed by atoms with Crippen molar-refractivity contribution in [2.24, 2.45) is 4.99 Å². The average molecular weight is 351 g/mol. The lowest BCUT2D eigenvalue weighted by Crippen LogP contribution is -2.33. The van der Waals surface area contributed by atoms with E-state index >= 15 is 0 Å². The molecule has 1 aromatic rings.